The first-order valence-electron chi connectivity index (χ1n) is 6.71. The third-order valence-electron chi connectivity index (χ3n) is 3.88. The van der Waals surface area contributed by atoms with E-state index in [1.165, 1.54) is 16.0 Å². The van der Waals surface area contributed by atoms with Gasteiger partial charge in [-0.25, -0.2) is 4.98 Å². The summed E-state index contributed by atoms with van der Waals surface area (Å²) in [6.45, 7) is 0.826. The van der Waals surface area contributed by atoms with Crippen LogP contribution in [-0.4, -0.2) is 17.4 Å². The van der Waals surface area contributed by atoms with Gasteiger partial charge in [-0.3, -0.25) is 9.69 Å². The lowest BCUT2D eigenvalue weighted by Crippen LogP contribution is -2.23. The lowest BCUT2D eigenvalue weighted by Gasteiger charge is -2.13. The molecule has 0 unspecified atom stereocenters. The molecular weight excluding hydrogens is 256 g/mol. The van der Waals surface area contributed by atoms with Gasteiger partial charge >= 0.3 is 0 Å². The quantitative estimate of drug-likeness (QED) is 0.798. The lowest BCUT2D eigenvalue weighted by atomic mass is 9.94. The summed E-state index contributed by atoms with van der Waals surface area (Å²) in [6, 6.07) is 8.47. The van der Waals surface area contributed by atoms with Crippen molar-refractivity contribution < 1.29 is 4.79 Å². The minimum atomic E-state index is 0.222. The second kappa shape index (κ2) is 4.17. The molecule has 4 heteroatoms. The number of rotatable bonds is 1. The number of hydrogen-bond donors (Lipinski definition) is 0. The standard InChI is InChI=1S/C15H14N2OS/c18-13-6-3-9-17(13)15-16-14-11-5-2-1-4-10(11)7-8-12(14)19-15/h1-2,4-5H,3,6-9H2. The predicted octanol–water partition coefficient (Wildman–Crippen LogP) is 3.04. The highest BCUT2D eigenvalue weighted by molar-refractivity contribution is 7.16. The van der Waals surface area contributed by atoms with Gasteiger partial charge in [-0.1, -0.05) is 24.3 Å². The normalized spacial score (nSPS) is 17.5. The Morgan fingerprint density at radius 2 is 2.05 bits per heavy atom. The first-order chi connectivity index (χ1) is 9.33. The van der Waals surface area contributed by atoms with Crippen molar-refractivity contribution in [2.75, 3.05) is 11.4 Å². The molecule has 0 radical (unpaired) electrons. The summed E-state index contributed by atoms with van der Waals surface area (Å²) in [5, 5.41) is 0.893. The molecule has 2 aliphatic rings. The summed E-state index contributed by atoms with van der Waals surface area (Å²) in [5.41, 5.74) is 3.72. The van der Waals surface area contributed by atoms with E-state index in [1.807, 2.05) is 4.90 Å². The number of carbonyl (C=O) groups is 1. The van der Waals surface area contributed by atoms with E-state index in [0.717, 1.165) is 36.6 Å². The Hall–Kier alpha value is -1.68. The third-order valence-corrected chi connectivity index (χ3v) is 5.02. The van der Waals surface area contributed by atoms with Gasteiger partial charge in [-0.05, 0) is 24.8 Å². The maximum absolute atomic E-state index is 11.8. The maximum Gasteiger partial charge on any atom is 0.228 e. The Bertz CT molecular complexity index is 662. The second-order valence-electron chi connectivity index (χ2n) is 5.07. The van der Waals surface area contributed by atoms with Gasteiger partial charge in [-0.2, -0.15) is 0 Å². The SMILES string of the molecule is O=C1CCCN1c1nc2c(s1)CCc1ccccc1-2. The topological polar surface area (TPSA) is 33.2 Å². The van der Waals surface area contributed by atoms with Crippen LogP contribution in [0.5, 0.6) is 0 Å². The van der Waals surface area contributed by atoms with Gasteiger partial charge in [0, 0.05) is 23.4 Å². The van der Waals surface area contributed by atoms with E-state index < -0.39 is 0 Å². The highest BCUT2D eigenvalue weighted by Crippen LogP contribution is 2.39. The summed E-state index contributed by atoms with van der Waals surface area (Å²) in [4.78, 5) is 19.8. The van der Waals surface area contributed by atoms with Crippen LogP contribution >= 0.6 is 11.3 Å². The smallest absolute Gasteiger partial charge is 0.228 e. The molecule has 0 spiro atoms. The highest BCUT2D eigenvalue weighted by atomic mass is 32.1. The summed E-state index contributed by atoms with van der Waals surface area (Å²) in [7, 11) is 0. The third kappa shape index (κ3) is 1.70. The van der Waals surface area contributed by atoms with Crippen molar-refractivity contribution in [3.05, 3.63) is 34.7 Å². The van der Waals surface area contributed by atoms with Crippen molar-refractivity contribution in [2.24, 2.45) is 0 Å². The number of aryl methyl sites for hydroxylation is 2. The Balaban J connectivity index is 1.80. The molecule has 1 aliphatic carbocycles. The fourth-order valence-corrected chi connectivity index (χ4v) is 4.02. The molecule has 2 aromatic rings. The molecule has 1 saturated heterocycles. The van der Waals surface area contributed by atoms with Gasteiger partial charge in [-0.15, -0.1) is 11.3 Å². The van der Waals surface area contributed by atoms with Crippen molar-refractivity contribution in [1.82, 2.24) is 4.98 Å². The van der Waals surface area contributed by atoms with E-state index in [2.05, 4.69) is 24.3 Å². The first-order valence-corrected chi connectivity index (χ1v) is 7.53. The minimum Gasteiger partial charge on any atom is -0.288 e. The van der Waals surface area contributed by atoms with Crippen LogP contribution in [0.3, 0.4) is 0 Å². The van der Waals surface area contributed by atoms with Crippen LogP contribution in [0, 0.1) is 0 Å². The molecule has 2 heterocycles. The average molecular weight is 270 g/mol. The molecule has 96 valence electrons. The van der Waals surface area contributed by atoms with Gasteiger partial charge < -0.3 is 0 Å². The Morgan fingerprint density at radius 1 is 1.16 bits per heavy atom. The molecule has 1 amide bonds. The molecule has 0 atom stereocenters. The van der Waals surface area contributed by atoms with Gasteiger partial charge in [0.05, 0.1) is 5.69 Å². The Kier molecular flexibility index (Phi) is 2.45. The van der Waals surface area contributed by atoms with Crippen molar-refractivity contribution in [3.63, 3.8) is 0 Å². The number of carbonyl (C=O) groups excluding carboxylic acids is 1. The number of thiazole rings is 1. The van der Waals surface area contributed by atoms with Crippen LogP contribution < -0.4 is 4.90 Å². The van der Waals surface area contributed by atoms with Crippen LogP contribution in [0.15, 0.2) is 24.3 Å². The van der Waals surface area contributed by atoms with E-state index >= 15 is 0 Å². The van der Waals surface area contributed by atoms with E-state index in [4.69, 9.17) is 4.98 Å². The zero-order chi connectivity index (χ0) is 12.8. The number of benzene rings is 1. The fraction of sp³-hybridized carbons (Fsp3) is 0.333. The second-order valence-corrected chi connectivity index (χ2v) is 6.14. The number of aromatic nitrogens is 1. The van der Waals surface area contributed by atoms with Crippen LogP contribution in [-0.2, 0) is 17.6 Å². The zero-order valence-electron chi connectivity index (χ0n) is 10.6. The largest absolute Gasteiger partial charge is 0.288 e. The first kappa shape index (κ1) is 11.2. The van der Waals surface area contributed by atoms with Crippen LogP contribution in [0.2, 0.25) is 0 Å². The fourth-order valence-electron chi connectivity index (χ4n) is 2.90. The summed E-state index contributed by atoms with van der Waals surface area (Å²) >= 11 is 1.69. The van der Waals surface area contributed by atoms with E-state index in [-0.39, 0.29) is 5.91 Å². The van der Waals surface area contributed by atoms with Gasteiger partial charge in [0.2, 0.25) is 5.91 Å². The summed E-state index contributed by atoms with van der Waals surface area (Å²) in [5.74, 6) is 0.222. The molecular formula is C15H14N2OS. The molecule has 1 aliphatic heterocycles. The molecule has 1 aromatic carbocycles. The molecule has 1 aromatic heterocycles. The minimum absolute atomic E-state index is 0.222. The van der Waals surface area contributed by atoms with Crippen LogP contribution in [0.25, 0.3) is 11.3 Å². The monoisotopic (exact) mass is 270 g/mol. The number of hydrogen-bond acceptors (Lipinski definition) is 3. The summed E-state index contributed by atoms with van der Waals surface area (Å²) in [6.07, 6.45) is 3.76. The average Bonchev–Trinajstić information content (AvgIpc) is 3.04. The number of nitrogens with zero attached hydrogens (tertiary/aromatic N) is 2. The summed E-state index contributed by atoms with van der Waals surface area (Å²) < 4.78 is 0. The van der Waals surface area contributed by atoms with E-state index in [1.54, 1.807) is 11.3 Å². The zero-order valence-corrected chi connectivity index (χ0v) is 11.4. The van der Waals surface area contributed by atoms with Crippen molar-refractivity contribution >= 4 is 22.4 Å². The van der Waals surface area contributed by atoms with Crippen molar-refractivity contribution in [1.29, 1.82) is 0 Å². The number of fused-ring (bicyclic) bond motifs is 3. The van der Waals surface area contributed by atoms with Gasteiger partial charge in [0.25, 0.3) is 0 Å². The number of amides is 1. The highest BCUT2D eigenvalue weighted by Gasteiger charge is 2.27. The van der Waals surface area contributed by atoms with Gasteiger partial charge in [0.1, 0.15) is 0 Å². The van der Waals surface area contributed by atoms with Crippen LogP contribution in [0.4, 0.5) is 5.13 Å². The molecule has 0 saturated carbocycles. The molecule has 4 rings (SSSR count). The van der Waals surface area contributed by atoms with Crippen molar-refractivity contribution in [3.8, 4) is 11.3 Å². The predicted molar refractivity (Wildman–Crippen MR) is 76.5 cm³/mol. The van der Waals surface area contributed by atoms with E-state index in [9.17, 15) is 4.79 Å². The Labute approximate surface area is 115 Å². The maximum atomic E-state index is 11.8. The van der Waals surface area contributed by atoms with Gasteiger partial charge in [0.15, 0.2) is 5.13 Å². The Morgan fingerprint density at radius 3 is 2.89 bits per heavy atom. The van der Waals surface area contributed by atoms with E-state index in [0.29, 0.717) is 6.42 Å². The van der Waals surface area contributed by atoms with Crippen molar-refractivity contribution in [2.45, 2.75) is 25.7 Å². The molecule has 19 heavy (non-hydrogen) atoms. The van der Waals surface area contributed by atoms with Crippen LogP contribution in [0.1, 0.15) is 23.3 Å². The number of anilines is 1. The molecule has 0 N–H and O–H groups in total. The lowest BCUT2D eigenvalue weighted by molar-refractivity contribution is -0.117. The molecule has 0 bridgehead atoms. The molecule has 1 fully saturated rings. The molecule has 3 nitrogen and oxygen atoms in total.